The van der Waals surface area contributed by atoms with E-state index in [2.05, 4.69) is 15.6 Å². The van der Waals surface area contributed by atoms with Crippen molar-refractivity contribution in [3.63, 3.8) is 0 Å². The molecule has 0 spiro atoms. The summed E-state index contributed by atoms with van der Waals surface area (Å²) in [6.45, 7) is 6.03. The molecule has 0 aliphatic carbocycles. The standard InChI is InChI=1S/C33H40N3O6P/c1-23(2)16-30(32(37)36-31(33(38)39)18-27-19-34-29-15-14-24(3)17-28(27)29)35-22-43(40,41-20-25-10-6-4-7-11-25)42-21-26-12-8-5-9-13-26/h4-15,17,19,23,30-31,34-35H,16,18,20-22H2,1-3H3,(H,36,37)(H,38,39)/t30-,31?/m0/s1. The summed E-state index contributed by atoms with van der Waals surface area (Å²) >= 11 is 0. The molecule has 4 rings (SSSR count). The summed E-state index contributed by atoms with van der Waals surface area (Å²) in [5.41, 5.74) is 4.42. The van der Waals surface area contributed by atoms with Crippen LogP contribution in [0.4, 0.5) is 0 Å². The van der Waals surface area contributed by atoms with Gasteiger partial charge < -0.3 is 24.5 Å². The zero-order valence-corrected chi connectivity index (χ0v) is 25.7. The zero-order valence-electron chi connectivity index (χ0n) is 24.8. The lowest BCUT2D eigenvalue weighted by Gasteiger charge is -2.25. The SMILES string of the molecule is Cc1ccc2[nH]cc(CC(NC(=O)[C@H](CC(C)C)NCP(=O)(OCc3ccccc3)OCc3ccccc3)C(=O)O)c2c1. The number of aryl methyl sites for hydroxylation is 1. The van der Waals surface area contributed by atoms with Crippen LogP contribution in [0.2, 0.25) is 0 Å². The molecule has 0 aliphatic heterocycles. The van der Waals surface area contributed by atoms with Gasteiger partial charge in [-0.2, -0.15) is 0 Å². The van der Waals surface area contributed by atoms with Crippen LogP contribution >= 0.6 is 7.60 Å². The number of nitrogens with one attached hydrogen (secondary N) is 3. The fourth-order valence-corrected chi connectivity index (χ4v) is 6.15. The summed E-state index contributed by atoms with van der Waals surface area (Å²) in [6.07, 6.45) is 2.05. The first-order chi connectivity index (χ1) is 20.6. The van der Waals surface area contributed by atoms with E-state index in [4.69, 9.17) is 9.05 Å². The van der Waals surface area contributed by atoms with Crippen molar-refractivity contribution in [1.82, 2.24) is 15.6 Å². The molecule has 10 heteroatoms. The lowest BCUT2D eigenvalue weighted by Crippen LogP contribution is -2.51. The number of carbonyl (C=O) groups excluding carboxylic acids is 1. The van der Waals surface area contributed by atoms with Crippen molar-refractivity contribution in [2.75, 3.05) is 6.29 Å². The van der Waals surface area contributed by atoms with Gasteiger partial charge in [-0.25, -0.2) is 4.79 Å². The Kier molecular flexibility index (Phi) is 11.3. The van der Waals surface area contributed by atoms with Crippen LogP contribution in [0.1, 0.15) is 42.5 Å². The number of H-pyrrole nitrogens is 1. The minimum Gasteiger partial charge on any atom is -0.480 e. The second-order valence-corrected chi connectivity index (χ2v) is 13.2. The largest absolute Gasteiger partial charge is 0.480 e. The van der Waals surface area contributed by atoms with Crippen molar-refractivity contribution in [2.24, 2.45) is 5.92 Å². The molecule has 3 aromatic carbocycles. The molecule has 1 amide bonds. The van der Waals surface area contributed by atoms with Crippen molar-refractivity contribution in [3.8, 4) is 0 Å². The van der Waals surface area contributed by atoms with E-state index in [1.54, 1.807) is 6.20 Å². The Balaban J connectivity index is 1.47. The summed E-state index contributed by atoms with van der Waals surface area (Å²) in [5.74, 6) is -1.53. The number of aliphatic carboxylic acids is 1. The molecule has 0 aliphatic rings. The Bertz CT molecular complexity index is 1490. The number of carboxylic acid groups (broad SMARTS) is 1. The van der Waals surface area contributed by atoms with E-state index in [0.717, 1.165) is 33.2 Å². The van der Waals surface area contributed by atoms with Crippen LogP contribution in [-0.2, 0) is 42.8 Å². The predicted octanol–water partition coefficient (Wildman–Crippen LogP) is 6.18. The Morgan fingerprint density at radius 2 is 1.51 bits per heavy atom. The van der Waals surface area contributed by atoms with E-state index in [-0.39, 0.29) is 31.8 Å². The minimum absolute atomic E-state index is 0.0703. The Morgan fingerprint density at radius 3 is 2.07 bits per heavy atom. The van der Waals surface area contributed by atoms with Gasteiger partial charge in [-0.15, -0.1) is 0 Å². The molecule has 1 unspecified atom stereocenters. The molecule has 0 bridgehead atoms. The number of carbonyl (C=O) groups is 2. The van der Waals surface area contributed by atoms with Gasteiger partial charge in [-0.1, -0.05) is 86.1 Å². The number of aromatic amines is 1. The third-order valence-electron chi connectivity index (χ3n) is 7.06. The molecule has 2 atom stereocenters. The summed E-state index contributed by atoms with van der Waals surface area (Å²) in [4.78, 5) is 28.9. The second kappa shape index (κ2) is 15.1. The van der Waals surface area contributed by atoms with Crippen LogP contribution in [0.5, 0.6) is 0 Å². The minimum atomic E-state index is -3.73. The van der Waals surface area contributed by atoms with Crippen LogP contribution in [-0.4, -0.2) is 40.3 Å². The van der Waals surface area contributed by atoms with Gasteiger partial charge in [0.25, 0.3) is 0 Å². The van der Waals surface area contributed by atoms with E-state index in [1.807, 2.05) is 99.6 Å². The molecule has 4 aromatic rings. The number of rotatable bonds is 16. The van der Waals surface area contributed by atoms with Crippen molar-refractivity contribution < 1.29 is 28.3 Å². The molecule has 9 nitrogen and oxygen atoms in total. The third-order valence-corrected chi connectivity index (χ3v) is 8.67. The van der Waals surface area contributed by atoms with Crippen molar-refractivity contribution >= 4 is 30.4 Å². The van der Waals surface area contributed by atoms with Gasteiger partial charge in [0.2, 0.25) is 5.91 Å². The number of benzene rings is 3. The summed E-state index contributed by atoms with van der Waals surface area (Å²) in [5, 5.41) is 16.7. The molecule has 43 heavy (non-hydrogen) atoms. The van der Waals surface area contributed by atoms with E-state index in [9.17, 15) is 19.3 Å². The molecular weight excluding hydrogens is 565 g/mol. The normalized spacial score (nSPS) is 13.2. The van der Waals surface area contributed by atoms with E-state index < -0.39 is 31.6 Å². The van der Waals surface area contributed by atoms with Crippen molar-refractivity contribution in [3.05, 3.63) is 107 Å². The summed E-state index contributed by atoms with van der Waals surface area (Å²) in [6, 6.07) is 22.6. The van der Waals surface area contributed by atoms with Gasteiger partial charge in [0, 0.05) is 23.5 Å². The zero-order chi connectivity index (χ0) is 30.8. The van der Waals surface area contributed by atoms with Gasteiger partial charge in [0.05, 0.1) is 25.5 Å². The topological polar surface area (TPSA) is 130 Å². The molecule has 1 heterocycles. The summed E-state index contributed by atoms with van der Waals surface area (Å²) in [7, 11) is -3.73. The van der Waals surface area contributed by atoms with Crippen LogP contribution in [0.25, 0.3) is 10.9 Å². The van der Waals surface area contributed by atoms with Crippen LogP contribution in [0.15, 0.2) is 85.1 Å². The highest BCUT2D eigenvalue weighted by molar-refractivity contribution is 7.53. The Labute approximate surface area is 252 Å². The first kappa shape index (κ1) is 32.2. The van der Waals surface area contributed by atoms with Gasteiger partial charge in [-0.3, -0.25) is 14.7 Å². The van der Waals surface area contributed by atoms with Gasteiger partial charge in [-0.05, 0) is 48.1 Å². The van der Waals surface area contributed by atoms with Crippen LogP contribution < -0.4 is 10.6 Å². The molecule has 0 fully saturated rings. The number of aromatic nitrogens is 1. The molecule has 0 saturated heterocycles. The molecular formula is C33H40N3O6P. The molecule has 4 N–H and O–H groups in total. The first-order valence-electron chi connectivity index (χ1n) is 14.4. The Hall–Kier alpha value is -3.75. The first-order valence-corrected chi connectivity index (χ1v) is 16.1. The molecule has 0 saturated carbocycles. The fourth-order valence-electron chi connectivity index (χ4n) is 4.75. The smallest absolute Gasteiger partial charge is 0.344 e. The summed E-state index contributed by atoms with van der Waals surface area (Å²) < 4.78 is 25.6. The van der Waals surface area contributed by atoms with Gasteiger partial charge >= 0.3 is 13.6 Å². The monoisotopic (exact) mass is 605 g/mol. The maximum atomic E-state index is 13.9. The average Bonchev–Trinajstić information content (AvgIpc) is 3.39. The number of hydrogen-bond donors (Lipinski definition) is 4. The number of hydrogen-bond acceptors (Lipinski definition) is 6. The molecule has 228 valence electrons. The number of carboxylic acids is 1. The van der Waals surface area contributed by atoms with E-state index >= 15 is 0 Å². The third kappa shape index (κ3) is 9.63. The van der Waals surface area contributed by atoms with E-state index in [1.165, 1.54) is 0 Å². The van der Waals surface area contributed by atoms with Gasteiger partial charge in [0.1, 0.15) is 6.04 Å². The fraction of sp³-hybridized carbons (Fsp3) is 0.333. The van der Waals surface area contributed by atoms with E-state index in [0.29, 0.717) is 6.42 Å². The maximum Gasteiger partial charge on any atom is 0.344 e. The van der Waals surface area contributed by atoms with Crippen molar-refractivity contribution in [2.45, 2.75) is 58.9 Å². The average molecular weight is 606 g/mol. The van der Waals surface area contributed by atoms with Crippen molar-refractivity contribution in [1.29, 1.82) is 0 Å². The Morgan fingerprint density at radius 1 is 0.907 bits per heavy atom. The highest BCUT2D eigenvalue weighted by Gasteiger charge is 2.31. The highest BCUT2D eigenvalue weighted by Crippen LogP contribution is 2.48. The maximum absolute atomic E-state index is 13.9. The number of fused-ring (bicyclic) bond motifs is 1. The number of amides is 1. The second-order valence-electron chi connectivity index (χ2n) is 11.1. The highest BCUT2D eigenvalue weighted by atomic mass is 31.2. The molecule has 1 aromatic heterocycles. The lowest BCUT2D eigenvalue weighted by molar-refractivity contribution is -0.142. The van der Waals surface area contributed by atoms with Crippen LogP contribution in [0.3, 0.4) is 0 Å². The quantitative estimate of drug-likeness (QED) is 0.112. The van der Waals surface area contributed by atoms with Crippen LogP contribution in [0, 0.1) is 12.8 Å². The molecule has 0 radical (unpaired) electrons. The lowest BCUT2D eigenvalue weighted by atomic mass is 10.0. The predicted molar refractivity (Wildman–Crippen MR) is 168 cm³/mol. The van der Waals surface area contributed by atoms with Gasteiger partial charge in [0.15, 0.2) is 0 Å².